The number of carbonyl (C=O) groups is 2. The SMILES string of the molecule is Cl.Cl.NC(=O)C1CCCN(Cc2ccc(NC(=O)C3CSCN3)cc2)C1. The normalized spacial score (nSPS) is 22.8. The van der Waals surface area contributed by atoms with E-state index in [1.165, 1.54) is 5.56 Å². The van der Waals surface area contributed by atoms with Crippen molar-refractivity contribution in [1.29, 1.82) is 0 Å². The molecular formula is C17H26Cl2N4O2S. The topological polar surface area (TPSA) is 87.5 Å². The summed E-state index contributed by atoms with van der Waals surface area (Å²) in [5, 5.41) is 6.11. The van der Waals surface area contributed by atoms with E-state index >= 15 is 0 Å². The molecule has 0 bridgehead atoms. The Morgan fingerprint density at radius 1 is 1.27 bits per heavy atom. The Balaban J connectivity index is 0.00000169. The molecule has 0 aromatic heterocycles. The van der Waals surface area contributed by atoms with Crippen molar-refractivity contribution in [2.24, 2.45) is 11.7 Å². The number of halogens is 2. The molecule has 2 aliphatic heterocycles. The van der Waals surface area contributed by atoms with Crippen LogP contribution in [0.3, 0.4) is 0 Å². The predicted molar refractivity (Wildman–Crippen MR) is 111 cm³/mol. The maximum atomic E-state index is 12.1. The summed E-state index contributed by atoms with van der Waals surface area (Å²) in [5.41, 5.74) is 7.42. The minimum absolute atomic E-state index is 0. The van der Waals surface area contributed by atoms with Crippen molar-refractivity contribution in [1.82, 2.24) is 10.2 Å². The first-order chi connectivity index (χ1) is 11.6. The number of piperidine rings is 1. The van der Waals surface area contributed by atoms with E-state index in [0.717, 1.165) is 49.8 Å². The molecule has 4 N–H and O–H groups in total. The van der Waals surface area contributed by atoms with Crippen LogP contribution in [-0.4, -0.2) is 47.5 Å². The Morgan fingerprint density at radius 3 is 2.62 bits per heavy atom. The average Bonchev–Trinajstić information content (AvgIpc) is 3.11. The van der Waals surface area contributed by atoms with E-state index < -0.39 is 0 Å². The highest BCUT2D eigenvalue weighted by Crippen LogP contribution is 2.19. The van der Waals surface area contributed by atoms with Crippen molar-refractivity contribution in [2.75, 3.05) is 30.0 Å². The summed E-state index contributed by atoms with van der Waals surface area (Å²) >= 11 is 1.73. The third kappa shape index (κ3) is 6.32. The fourth-order valence-corrected chi connectivity index (χ4v) is 4.12. The van der Waals surface area contributed by atoms with Gasteiger partial charge >= 0.3 is 0 Å². The van der Waals surface area contributed by atoms with Gasteiger partial charge in [0.05, 0.1) is 12.0 Å². The molecule has 2 unspecified atom stereocenters. The van der Waals surface area contributed by atoms with E-state index in [-0.39, 0.29) is 48.6 Å². The molecule has 0 radical (unpaired) electrons. The van der Waals surface area contributed by atoms with Gasteiger partial charge in [0.15, 0.2) is 0 Å². The number of amides is 2. The lowest BCUT2D eigenvalue weighted by molar-refractivity contribution is -0.123. The van der Waals surface area contributed by atoms with Crippen LogP contribution in [0, 0.1) is 5.92 Å². The Bertz CT molecular complexity index is 597. The minimum atomic E-state index is -0.198. The highest BCUT2D eigenvalue weighted by atomic mass is 35.5. The van der Waals surface area contributed by atoms with E-state index in [1.54, 1.807) is 11.8 Å². The van der Waals surface area contributed by atoms with Gasteiger partial charge in [0.2, 0.25) is 11.8 Å². The van der Waals surface area contributed by atoms with Crippen LogP contribution in [0.4, 0.5) is 5.69 Å². The monoisotopic (exact) mass is 420 g/mol. The number of carbonyl (C=O) groups excluding carboxylic acids is 2. The van der Waals surface area contributed by atoms with Gasteiger partial charge in [0.25, 0.3) is 0 Å². The van der Waals surface area contributed by atoms with Gasteiger partial charge in [-0.25, -0.2) is 0 Å². The van der Waals surface area contributed by atoms with Gasteiger partial charge in [0, 0.05) is 30.4 Å². The second-order valence-corrected chi connectivity index (χ2v) is 7.46. The maximum Gasteiger partial charge on any atom is 0.242 e. The second kappa shape index (κ2) is 11.0. The smallest absolute Gasteiger partial charge is 0.242 e. The van der Waals surface area contributed by atoms with Crippen LogP contribution in [0.2, 0.25) is 0 Å². The zero-order valence-corrected chi connectivity index (χ0v) is 16.9. The first kappa shape index (κ1) is 23.0. The van der Waals surface area contributed by atoms with E-state index in [4.69, 9.17) is 5.73 Å². The van der Waals surface area contributed by atoms with Gasteiger partial charge in [-0.2, -0.15) is 0 Å². The molecule has 1 aromatic carbocycles. The van der Waals surface area contributed by atoms with E-state index in [2.05, 4.69) is 15.5 Å². The molecular weight excluding hydrogens is 395 g/mol. The summed E-state index contributed by atoms with van der Waals surface area (Å²) in [7, 11) is 0. The van der Waals surface area contributed by atoms with E-state index in [9.17, 15) is 9.59 Å². The van der Waals surface area contributed by atoms with Crippen molar-refractivity contribution in [3.63, 3.8) is 0 Å². The Kier molecular flexibility index (Phi) is 9.74. The molecule has 0 aliphatic carbocycles. The largest absolute Gasteiger partial charge is 0.369 e. The molecule has 6 nitrogen and oxygen atoms in total. The highest BCUT2D eigenvalue weighted by molar-refractivity contribution is 7.99. The number of nitrogens with one attached hydrogen (secondary N) is 2. The maximum absolute atomic E-state index is 12.1. The lowest BCUT2D eigenvalue weighted by Gasteiger charge is -2.31. The van der Waals surface area contributed by atoms with Crippen molar-refractivity contribution in [2.45, 2.75) is 25.4 Å². The summed E-state index contributed by atoms with van der Waals surface area (Å²) in [6, 6.07) is 7.82. The molecule has 2 amide bonds. The van der Waals surface area contributed by atoms with Crippen LogP contribution in [0.25, 0.3) is 0 Å². The standard InChI is InChI=1S/C17H24N4O2S.2ClH/c18-16(22)13-2-1-7-21(9-13)8-12-3-5-14(6-4-12)20-17(23)15-10-24-11-19-15;;/h3-6,13,15,19H,1-2,7-11H2,(H2,18,22)(H,20,23);2*1H. The number of hydrogen-bond acceptors (Lipinski definition) is 5. The quantitative estimate of drug-likeness (QED) is 0.675. The Labute approximate surface area is 170 Å². The third-order valence-corrected chi connectivity index (χ3v) is 5.51. The third-order valence-electron chi connectivity index (χ3n) is 4.57. The number of rotatable bonds is 5. The minimum Gasteiger partial charge on any atom is -0.369 e. The first-order valence-electron chi connectivity index (χ1n) is 8.34. The molecule has 2 atom stereocenters. The number of nitrogens with two attached hydrogens (primary N) is 1. The predicted octanol–water partition coefficient (Wildman–Crippen LogP) is 1.83. The van der Waals surface area contributed by atoms with Gasteiger partial charge in [-0.05, 0) is 37.1 Å². The average molecular weight is 421 g/mol. The van der Waals surface area contributed by atoms with Gasteiger partial charge in [-0.1, -0.05) is 12.1 Å². The molecule has 146 valence electrons. The molecule has 0 spiro atoms. The van der Waals surface area contributed by atoms with Crippen molar-refractivity contribution >= 4 is 54.1 Å². The first-order valence-corrected chi connectivity index (χ1v) is 9.50. The van der Waals surface area contributed by atoms with Crippen LogP contribution in [0.1, 0.15) is 18.4 Å². The zero-order chi connectivity index (χ0) is 16.9. The van der Waals surface area contributed by atoms with Gasteiger partial charge < -0.3 is 11.1 Å². The molecule has 26 heavy (non-hydrogen) atoms. The number of primary amides is 1. The summed E-state index contributed by atoms with van der Waals surface area (Å²) in [5.74, 6) is 1.44. The molecule has 2 saturated heterocycles. The molecule has 0 saturated carbocycles. The van der Waals surface area contributed by atoms with Crippen molar-refractivity contribution < 1.29 is 9.59 Å². The van der Waals surface area contributed by atoms with E-state index in [1.807, 2.05) is 24.3 Å². The van der Waals surface area contributed by atoms with Crippen molar-refractivity contribution in [3.8, 4) is 0 Å². The second-order valence-electron chi connectivity index (χ2n) is 6.43. The number of thioether (sulfide) groups is 1. The van der Waals surface area contributed by atoms with Crippen LogP contribution >= 0.6 is 36.6 Å². The number of likely N-dealkylation sites (tertiary alicyclic amines) is 1. The fraction of sp³-hybridized carbons (Fsp3) is 0.529. The highest BCUT2D eigenvalue weighted by Gasteiger charge is 2.24. The number of benzene rings is 1. The van der Waals surface area contributed by atoms with Crippen LogP contribution < -0.4 is 16.4 Å². The van der Waals surface area contributed by atoms with Crippen LogP contribution in [0.15, 0.2) is 24.3 Å². The summed E-state index contributed by atoms with van der Waals surface area (Å²) in [4.78, 5) is 25.7. The number of nitrogens with zero attached hydrogens (tertiary/aromatic N) is 1. The molecule has 3 rings (SSSR count). The fourth-order valence-electron chi connectivity index (χ4n) is 3.18. The summed E-state index contributed by atoms with van der Waals surface area (Å²) in [6.45, 7) is 2.53. The number of hydrogen-bond donors (Lipinski definition) is 3. The van der Waals surface area contributed by atoms with Gasteiger partial charge in [0.1, 0.15) is 0 Å². The molecule has 2 heterocycles. The van der Waals surface area contributed by atoms with Crippen LogP contribution in [-0.2, 0) is 16.1 Å². The lowest BCUT2D eigenvalue weighted by atomic mass is 9.97. The molecule has 2 aliphatic rings. The zero-order valence-electron chi connectivity index (χ0n) is 14.5. The Hall–Kier alpha value is -0.990. The molecule has 9 heteroatoms. The van der Waals surface area contributed by atoms with Gasteiger partial charge in [-0.15, -0.1) is 36.6 Å². The van der Waals surface area contributed by atoms with Gasteiger partial charge in [-0.3, -0.25) is 19.8 Å². The van der Waals surface area contributed by atoms with E-state index in [0.29, 0.717) is 0 Å². The van der Waals surface area contributed by atoms with Crippen molar-refractivity contribution in [3.05, 3.63) is 29.8 Å². The summed E-state index contributed by atoms with van der Waals surface area (Å²) < 4.78 is 0. The van der Waals surface area contributed by atoms with Crippen LogP contribution in [0.5, 0.6) is 0 Å². The summed E-state index contributed by atoms with van der Waals surface area (Å²) in [6.07, 6.45) is 1.90. The Morgan fingerprint density at radius 2 is 2.00 bits per heavy atom. The lowest BCUT2D eigenvalue weighted by Crippen LogP contribution is -2.40. The number of anilines is 1. The molecule has 2 fully saturated rings. The molecule has 1 aromatic rings.